The van der Waals surface area contributed by atoms with Gasteiger partial charge >= 0.3 is 0 Å². The summed E-state index contributed by atoms with van der Waals surface area (Å²) in [6, 6.07) is 7.89. The molecule has 25 heavy (non-hydrogen) atoms. The number of halogens is 1. The van der Waals surface area contributed by atoms with Crippen molar-refractivity contribution in [3.8, 4) is 5.82 Å². The standard InChI is InChI=1S/C16H14FN7O/c17-12-3-1-2-4-13(12)22-16(25)11-6-23(7-11)14-5-15(20-9-19-14)24-10-18-8-21-24/h1-5,8-11H,6-7H2,(H,22,25). The predicted octanol–water partition coefficient (Wildman–Crippen LogP) is 1.27. The Morgan fingerprint density at radius 1 is 1.16 bits per heavy atom. The zero-order valence-corrected chi connectivity index (χ0v) is 13.1. The fraction of sp³-hybridized carbons (Fsp3) is 0.188. The Morgan fingerprint density at radius 3 is 2.72 bits per heavy atom. The molecule has 0 spiro atoms. The normalized spacial score (nSPS) is 14.2. The minimum Gasteiger partial charge on any atom is -0.355 e. The van der Waals surface area contributed by atoms with Crippen LogP contribution in [0.4, 0.5) is 15.9 Å². The third-order valence-corrected chi connectivity index (χ3v) is 4.00. The van der Waals surface area contributed by atoms with E-state index in [1.807, 2.05) is 4.90 Å². The zero-order valence-electron chi connectivity index (χ0n) is 13.1. The van der Waals surface area contributed by atoms with Crippen LogP contribution in [-0.2, 0) is 4.79 Å². The number of aromatic nitrogens is 5. The van der Waals surface area contributed by atoms with Gasteiger partial charge in [0, 0.05) is 19.2 Å². The van der Waals surface area contributed by atoms with Crippen LogP contribution in [0.15, 0.2) is 49.3 Å². The smallest absolute Gasteiger partial charge is 0.231 e. The number of nitrogens with one attached hydrogen (secondary N) is 1. The first-order valence-corrected chi connectivity index (χ1v) is 7.68. The van der Waals surface area contributed by atoms with E-state index in [9.17, 15) is 9.18 Å². The van der Waals surface area contributed by atoms with E-state index in [1.54, 1.807) is 30.6 Å². The maximum Gasteiger partial charge on any atom is 0.231 e. The molecule has 1 aliphatic rings. The number of hydrogen-bond acceptors (Lipinski definition) is 6. The molecule has 1 aliphatic heterocycles. The molecule has 3 heterocycles. The van der Waals surface area contributed by atoms with Gasteiger partial charge in [0.2, 0.25) is 5.91 Å². The molecular weight excluding hydrogens is 325 g/mol. The molecule has 0 atom stereocenters. The van der Waals surface area contributed by atoms with Gasteiger partial charge in [-0.1, -0.05) is 12.1 Å². The number of nitrogens with zero attached hydrogens (tertiary/aromatic N) is 6. The summed E-state index contributed by atoms with van der Waals surface area (Å²) < 4.78 is 15.1. The van der Waals surface area contributed by atoms with Crippen LogP contribution >= 0.6 is 0 Å². The van der Waals surface area contributed by atoms with Gasteiger partial charge in [-0.3, -0.25) is 4.79 Å². The van der Waals surface area contributed by atoms with Gasteiger partial charge in [-0.05, 0) is 12.1 Å². The zero-order chi connectivity index (χ0) is 17.2. The topological polar surface area (TPSA) is 88.8 Å². The number of anilines is 2. The summed E-state index contributed by atoms with van der Waals surface area (Å²) in [6.07, 6.45) is 4.42. The second-order valence-corrected chi connectivity index (χ2v) is 5.65. The molecule has 1 amide bonds. The molecule has 9 heteroatoms. The lowest BCUT2D eigenvalue weighted by atomic mass is 9.99. The molecule has 1 aromatic carbocycles. The van der Waals surface area contributed by atoms with Crippen molar-refractivity contribution in [2.24, 2.45) is 5.92 Å². The van der Waals surface area contributed by atoms with Crippen LogP contribution in [-0.4, -0.2) is 43.7 Å². The summed E-state index contributed by atoms with van der Waals surface area (Å²) in [5.41, 5.74) is 0.196. The average Bonchev–Trinajstić information content (AvgIpc) is 3.10. The Kier molecular flexibility index (Phi) is 3.81. The van der Waals surface area contributed by atoms with Crippen LogP contribution in [0.5, 0.6) is 0 Å². The van der Waals surface area contributed by atoms with E-state index in [0.29, 0.717) is 24.7 Å². The van der Waals surface area contributed by atoms with Gasteiger partial charge in [-0.15, -0.1) is 0 Å². The number of hydrogen-bond donors (Lipinski definition) is 1. The quantitative estimate of drug-likeness (QED) is 0.770. The summed E-state index contributed by atoms with van der Waals surface area (Å²) in [5.74, 6) is 0.439. The van der Waals surface area contributed by atoms with Crippen LogP contribution in [0, 0.1) is 11.7 Å². The Labute approximate surface area is 142 Å². The summed E-state index contributed by atoms with van der Waals surface area (Å²) in [5, 5.41) is 6.65. The second-order valence-electron chi connectivity index (χ2n) is 5.65. The molecule has 3 aromatic rings. The predicted molar refractivity (Wildman–Crippen MR) is 87.7 cm³/mol. The van der Waals surface area contributed by atoms with Crippen LogP contribution in [0.3, 0.4) is 0 Å². The van der Waals surface area contributed by atoms with Crippen LogP contribution in [0.2, 0.25) is 0 Å². The van der Waals surface area contributed by atoms with Crippen molar-refractivity contribution in [3.63, 3.8) is 0 Å². The lowest BCUT2D eigenvalue weighted by Gasteiger charge is -2.39. The number of para-hydroxylation sites is 1. The fourth-order valence-corrected chi connectivity index (χ4v) is 2.59. The Morgan fingerprint density at radius 2 is 1.96 bits per heavy atom. The molecule has 4 rings (SSSR count). The van der Waals surface area contributed by atoms with Crippen molar-refractivity contribution in [1.29, 1.82) is 0 Å². The van der Waals surface area contributed by atoms with E-state index in [2.05, 4.69) is 25.4 Å². The van der Waals surface area contributed by atoms with Gasteiger partial charge < -0.3 is 10.2 Å². The minimum absolute atomic E-state index is 0.196. The van der Waals surface area contributed by atoms with Gasteiger partial charge in [0.25, 0.3) is 0 Å². The molecule has 0 unspecified atom stereocenters. The van der Waals surface area contributed by atoms with Crippen LogP contribution < -0.4 is 10.2 Å². The van der Waals surface area contributed by atoms with E-state index < -0.39 is 5.82 Å². The maximum absolute atomic E-state index is 13.6. The van der Waals surface area contributed by atoms with E-state index >= 15 is 0 Å². The fourth-order valence-electron chi connectivity index (χ4n) is 2.59. The van der Waals surface area contributed by atoms with Gasteiger partial charge in [0.15, 0.2) is 5.82 Å². The molecule has 0 aliphatic carbocycles. The van der Waals surface area contributed by atoms with E-state index in [-0.39, 0.29) is 17.5 Å². The van der Waals surface area contributed by atoms with Crippen molar-refractivity contribution in [1.82, 2.24) is 24.7 Å². The average molecular weight is 339 g/mol. The highest BCUT2D eigenvalue weighted by Crippen LogP contribution is 2.25. The van der Waals surface area contributed by atoms with Gasteiger partial charge in [-0.2, -0.15) is 5.10 Å². The summed E-state index contributed by atoms with van der Waals surface area (Å²) in [7, 11) is 0. The van der Waals surface area contributed by atoms with E-state index in [1.165, 1.54) is 23.4 Å². The van der Waals surface area contributed by atoms with Crippen molar-refractivity contribution in [3.05, 3.63) is 55.1 Å². The number of amides is 1. The number of carbonyl (C=O) groups is 1. The first kappa shape index (κ1) is 15.2. The van der Waals surface area contributed by atoms with Crippen molar-refractivity contribution < 1.29 is 9.18 Å². The number of rotatable bonds is 4. The summed E-state index contributed by atoms with van der Waals surface area (Å²) in [4.78, 5) is 26.4. The van der Waals surface area contributed by atoms with E-state index in [4.69, 9.17) is 0 Å². The molecule has 0 saturated carbocycles. The Hall–Kier alpha value is -3.36. The molecule has 126 valence electrons. The minimum atomic E-state index is -0.444. The molecule has 1 N–H and O–H groups in total. The number of benzene rings is 1. The van der Waals surface area contributed by atoms with E-state index in [0.717, 1.165) is 0 Å². The molecule has 0 bridgehead atoms. The van der Waals surface area contributed by atoms with Gasteiger partial charge in [0.05, 0.1) is 11.6 Å². The largest absolute Gasteiger partial charge is 0.355 e. The second kappa shape index (κ2) is 6.27. The number of carbonyl (C=O) groups excluding carboxylic acids is 1. The van der Waals surface area contributed by atoms with Gasteiger partial charge in [-0.25, -0.2) is 24.0 Å². The lowest BCUT2D eigenvalue weighted by molar-refractivity contribution is -0.120. The first-order valence-electron chi connectivity index (χ1n) is 7.68. The highest BCUT2D eigenvalue weighted by Gasteiger charge is 2.34. The van der Waals surface area contributed by atoms with Crippen molar-refractivity contribution in [2.45, 2.75) is 0 Å². The monoisotopic (exact) mass is 339 g/mol. The molecular formula is C16H14FN7O. The highest BCUT2D eigenvalue weighted by molar-refractivity contribution is 5.94. The Bertz CT molecular complexity index is 893. The summed E-state index contributed by atoms with van der Waals surface area (Å²) in [6.45, 7) is 1.02. The van der Waals surface area contributed by atoms with Crippen molar-refractivity contribution in [2.75, 3.05) is 23.3 Å². The van der Waals surface area contributed by atoms with Crippen LogP contribution in [0.1, 0.15) is 0 Å². The van der Waals surface area contributed by atoms with Gasteiger partial charge in [0.1, 0.15) is 30.6 Å². The van der Waals surface area contributed by atoms with Crippen LogP contribution in [0.25, 0.3) is 5.82 Å². The highest BCUT2D eigenvalue weighted by atomic mass is 19.1. The lowest BCUT2D eigenvalue weighted by Crippen LogP contribution is -2.52. The third-order valence-electron chi connectivity index (χ3n) is 4.00. The first-order chi connectivity index (χ1) is 12.2. The maximum atomic E-state index is 13.6. The summed E-state index contributed by atoms with van der Waals surface area (Å²) >= 11 is 0. The molecule has 8 nitrogen and oxygen atoms in total. The third kappa shape index (κ3) is 3.03. The molecule has 0 radical (unpaired) electrons. The molecule has 1 saturated heterocycles. The SMILES string of the molecule is O=C(Nc1ccccc1F)C1CN(c2cc(-n3cncn3)ncn2)C1. The Balaban J connectivity index is 1.40. The van der Waals surface area contributed by atoms with Crippen molar-refractivity contribution >= 4 is 17.4 Å². The molecule has 2 aromatic heterocycles. The molecule has 1 fully saturated rings.